The van der Waals surface area contributed by atoms with Gasteiger partial charge in [0.1, 0.15) is 0 Å². The molecule has 0 aliphatic carbocycles. The Labute approximate surface area is 116 Å². The number of hydrogen-bond donors (Lipinski definition) is 1. The van der Waals surface area contributed by atoms with Crippen LogP contribution in [-0.2, 0) is 11.2 Å². The number of carbonyl (C=O) groups excluding carboxylic acids is 1. The molecule has 5 heteroatoms. The molecule has 0 saturated heterocycles. The van der Waals surface area contributed by atoms with E-state index in [4.69, 9.17) is 0 Å². The van der Waals surface area contributed by atoms with Crippen LogP contribution < -0.4 is 5.32 Å². The summed E-state index contributed by atoms with van der Waals surface area (Å²) in [6, 6.07) is 13.5. The maximum Gasteiger partial charge on any atom is 0.269 e. The molecule has 0 aromatic heterocycles. The van der Waals surface area contributed by atoms with Crippen molar-refractivity contribution in [3.05, 3.63) is 69.8 Å². The lowest BCUT2D eigenvalue weighted by Gasteiger charge is -2.05. The molecule has 0 atom stereocenters. The summed E-state index contributed by atoms with van der Waals surface area (Å²) in [5.74, 6) is -0.150. The Bertz CT molecular complexity index is 619. The molecule has 102 valence electrons. The van der Waals surface area contributed by atoms with Crippen LogP contribution in [0.2, 0.25) is 0 Å². The number of amides is 1. The first-order valence-electron chi connectivity index (χ1n) is 6.14. The molecule has 0 fully saturated rings. The molecule has 1 N–H and O–H groups in total. The van der Waals surface area contributed by atoms with Gasteiger partial charge in [0.2, 0.25) is 5.91 Å². The molecule has 2 rings (SSSR count). The number of benzene rings is 2. The van der Waals surface area contributed by atoms with Crippen molar-refractivity contribution in [3.63, 3.8) is 0 Å². The quantitative estimate of drug-likeness (QED) is 0.685. The average Bonchev–Trinajstić information content (AvgIpc) is 2.42. The lowest BCUT2D eigenvalue weighted by molar-refractivity contribution is -0.384. The van der Waals surface area contributed by atoms with Gasteiger partial charge in [0.15, 0.2) is 0 Å². The Morgan fingerprint density at radius 2 is 1.70 bits per heavy atom. The van der Waals surface area contributed by atoms with Crippen molar-refractivity contribution in [2.24, 2.45) is 0 Å². The van der Waals surface area contributed by atoms with Crippen molar-refractivity contribution in [3.8, 4) is 0 Å². The first-order chi connectivity index (χ1) is 9.54. The Morgan fingerprint density at radius 1 is 1.10 bits per heavy atom. The van der Waals surface area contributed by atoms with E-state index in [2.05, 4.69) is 5.32 Å². The highest BCUT2D eigenvalue weighted by atomic mass is 16.6. The van der Waals surface area contributed by atoms with Gasteiger partial charge >= 0.3 is 0 Å². The number of rotatable bonds is 4. The van der Waals surface area contributed by atoms with Crippen LogP contribution in [0.4, 0.5) is 11.4 Å². The monoisotopic (exact) mass is 270 g/mol. The highest BCUT2D eigenvalue weighted by Gasteiger charge is 2.07. The molecular weight excluding hydrogens is 256 g/mol. The van der Waals surface area contributed by atoms with Gasteiger partial charge < -0.3 is 5.32 Å². The minimum absolute atomic E-state index is 0.00142. The summed E-state index contributed by atoms with van der Waals surface area (Å²) in [4.78, 5) is 21.9. The maximum absolute atomic E-state index is 11.8. The summed E-state index contributed by atoms with van der Waals surface area (Å²) in [5, 5.41) is 13.2. The maximum atomic E-state index is 11.8. The van der Waals surface area contributed by atoms with Crippen LogP contribution >= 0.6 is 0 Å². The molecular formula is C15H14N2O3. The van der Waals surface area contributed by atoms with Crippen molar-refractivity contribution in [2.75, 3.05) is 5.32 Å². The largest absolute Gasteiger partial charge is 0.326 e. The van der Waals surface area contributed by atoms with Crippen molar-refractivity contribution < 1.29 is 9.72 Å². The number of nitrogens with one attached hydrogen (secondary N) is 1. The number of hydrogen-bond acceptors (Lipinski definition) is 3. The Balaban J connectivity index is 1.97. The number of nitrogens with zero attached hydrogens (tertiary/aromatic N) is 1. The van der Waals surface area contributed by atoms with Gasteiger partial charge in [-0.1, -0.05) is 29.8 Å². The summed E-state index contributed by atoms with van der Waals surface area (Å²) >= 11 is 0. The second-order valence-electron chi connectivity index (χ2n) is 4.51. The van der Waals surface area contributed by atoms with Crippen LogP contribution in [0.25, 0.3) is 0 Å². The van der Waals surface area contributed by atoms with Crippen molar-refractivity contribution in [1.82, 2.24) is 0 Å². The average molecular weight is 270 g/mol. The summed E-state index contributed by atoms with van der Waals surface area (Å²) in [6.45, 7) is 1.99. The predicted octanol–water partition coefficient (Wildman–Crippen LogP) is 3.08. The fourth-order valence-electron chi connectivity index (χ4n) is 1.76. The van der Waals surface area contributed by atoms with Crippen LogP contribution in [-0.4, -0.2) is 10.8 Å². The van der Waals surface area contributed by atoms with Crippen LogP contribution in [0, 0.1) is 17.0 Å². The molecule has 2 aromatic rings. The van der Waals surface area contributed by atoms with E-state index >= 15 is 0 Å². The van der Waals surface area contributed by atoms with Gasteiger partial charge in [-0.2, -0.15) is 0 Å². The second kappa shape index (κ2) is 5.97. The van der Waals surface area contributed by atoms with Crippen LogP contribution in [0.3, 0.4) is 0 Å². The number of non-ortho nitro benzene ring substituents is 1. The van der Waals surface area contributed by atoms with Gasteiger partial charge in [-0.15, -0.1) is 0 Å². The smallest absolute Gasteiger partial charge is 0.269 e. The third kappa shape index (κ3) is 3.65. The van der Waals surface area contributed by atoms with E-state index < -0.39 is 4.92 Å². The first kappa shape index (κ1) is 13.7. The van der Waals surface area contributed by atoms with Crippen molar-refractivity contribution in [1.29, 1.82) is 0 Å². The topological polar surface area (TPSA) is 72.2 Å². The summed E-state index contributed by atoms with van der Waals surface area (Å²) in [6.07, 6.45) is 0.275. The van der Waals surface area contributed by atoms with Gasteiger partial charge in [0.05, 0.1) is 11.3 Å². The van der Waals surface area contributed by atoms with E-state index in [0.717, 1.165) is 11.1 Å². The van der Waals surface area contributed by atoms with Crippen LogP contribution in [0.15, 0.2) is 48.5 Å². The van der Waals surface area contributed by atoms with Crippen molar-refractivity contribution >= 4 is 17.3 Å². The van der Waals surface area contributed by atoms with Gasteiger partial charge in [0, 0.05) is 17.8 Å². The molecule has 0 spiro atoms. The predicted molar refractivity (Wildman–Crippen MR) is 76.6 cm³/mol. The van der Waals surface area contributed by atoms with Gasteiger partial charge in [-0.3, -0.25) is 14.9 Å². The van der Waals surface area contributed by atoms with Gasteiger partial charge in [-0.25, -0.2) is 0 Å². The molecule has 0 radical (unpaired) electrons. The van der Waals surface area contributed by atoms with Gasteiger partial charge in [0.25, 0.3) is 5.69 Å². The molecule has 0 saturated carbocycles. The molecule has 2 aromatic carbocycles. The highest BCUT2D eigenvalue weighted by molar-refractivity contribution is 5.92. The molecule has 0 aliphatic rings. The van der Waals surface area contributed by atoms with Crippen LogP contribution in [0.1, 0.15) is 11.1 Å². The Morgan fingerprint density at radius 3 is 2.25 bits per heavy atom. The van der Waals surface area contributed by atoms with Crippen LogP contribution in [0.5, 0.6) is 0 Å². The number of anilines is 1. The fraction of sp³-hybridized carbons (Fsp3) is 0.133. The van der Waals surface area contributed by atoms with E-state index in [1.54, 1.807) is 0 Å². The second-order valence-corrected chi connectivity index (χ2v) is 4.51. The molecule has 0 bridgehead atoms. The third-order valence-corrected chi connectivity index (χ3v) is 2.85. The number of carbonyl (C=O) groups is 1. The zero-order valence-corrected chi connectivity index (χ0v) is 11.0. The van der Waals surface area contributed by atoms with E-state index in [1.165, 1.54) is 24.3 Å². The van der Waals surface area contributed by atoms with E-state index in [-0.39, 0.29) is 18.0 Å². The number of nitro groups is 1. The standard InChI is InChI=1S/C15H14N2O3/c1-11-2-4-12(5-3-11)10-15(18)16-13-6-8-14(9-7-13)17(19)20/h2-9H,10H2,1H3,(H,16,18). The first-order valence-corrected chi connectivity index (χ1v) is 6.14. The SMILES string of the molecule is Cc1ccc(CC(=O)Nc2ccc([N+](=O)[O-])cc2)cc1. The molecule has 20 heavy (non-hydrogen) atoms. The molecule has 0 aliphatic heterocycles. The van der Waals surface area contributed by atoms with Gasteiger partial charge in [-0.05, 0) is 24.6 Å². The normalized spacial score (nSPS) is 10.1. The Kier molecular flexibility index (Phi) is 4.10. The third-order valence-electron chi connectivity index (χ3n) is 2.85. The van der Waals surface area contributed by atoms with E-state index in [0.29, 0.717) is 5.69 Å². The minimum atomic E-state index is -0.474. The summed E-state index contributed by atoms with van der Waals surface area (Å²) in [5.41, 5.74) is 2.62. The highest BCUT2D eigenvalue weighted by Crippen LogP contribution is 2.15. The zero-order valence-electron chi connectivity index (χ0n) is 11.0. The van der Waals surface area contributed by atoms with E-state index in [9.17, 15) is 14.9 Å². The lowest BCUT2D eigenvalue weighted by atomic mass is 10.1. The lowest BCUT2D eigenvalue weighted by Crippen LogP contribution is -2.14. The zero-order chi connectivity index (χ0) is 14.5. The van der Waals surface area contributed by atoms with E-state index in [1.807, 2.05) is 31.2 Å². The minimum Gasteiger partial charge on any atom is -0.326 e. The molecule has 1 amide bonds. The fourth-order valence-corrected chi connectivity index (χ4v) is 1.76. The summed E-state index contributed by atoms with van der Waals surface area (Å²) < 4.78 is 0. The summed E-state index contributed by atoms with van der Waals surface area (Å²) in [7, 11) is 0. The molecule has 0 heterocycles. The molecule has 5 nitrogen and oxygen atoms in total. The molecule has 0 unspecified atom stereocenters. The Hall–Kier alpha value is -2.69. The van der Waals surface area contributed by atoms with Crippen molar-refractivity contribution in [2.45, 2.75) is 13.3 Å². The number of nitro benzene ring substituents is 1. The number of aryl methyl sites for hydroxylation is 1.